The monoisotopic (exact) mass is 661 g/mol. The second-order valence-electron chi connectivity index (χ2n) is 12.6. The molecule has 4 rings (SSSR count). The highest BCUT2D eigenvalue weighted by Crippen LogP contribution is 2.21. The van der Waals surface area contributed by atoms with Crippen molar-refractivity contribution in [2.45, 2.75) is 64.4 Å². The molecule has 1 aliphatic rings. The number of ether oxygens (including phenoxy) is 3. The number of nitrogens with one attached hydrogen (secondary N) is 3. The average Bonchev–Trinajstić information content (AvgIpc) is 3.47. The lowest BCUT2D eigenvalue weighted by Gasteiger charge is -2.34. The van der Waals surface area contributed by atoms with Crippen LogP contribution in [-0.4, -0.2) is 83.7 Å². The van der Waals surface area contributed by atoms with Crippen LogP contribution in [0.4, 0.5) is 9.59 Å². The van der Waals surface area contributed by atoms with Gasteiger partial charge in [0.2, 0.25) is 6.10 Å². The molecule has 13 heteroatoms. The summed E-state index contributed by atoms with van der Waals surface area (Å²) in [4.78, 5) is 55.0. The van der Waals surface area contributed by atoms with E-state index < -0.39 is 53.8 Å². The second-order valence-corrected chi connectivity index (χ2v) is 12.6. The number of aliphatic hydroxyl groups excluding tert-OH is 1. The molecule has 1 aliphatic heterocycles. The van der Waals surface area contributed by atoms with Crippen molar-refractivity contribution in [2.24, 2.45) is 5.41 Å². The Balaban J connectivity index is 1.57. The van der Waals surface area contributed by atoms with E-state index in [9.17, 15) is 24.3 Å². The third-order valence-electron chi connectivity index (χ3n) is 7.74. The topological polar surface area (TPSA) is 168 Å². The molecular formula is C35H43N5O8. The lowest BCUT2D eigenvalue weighted by Crippen LogP contribution is -2.59. The van der Waals surface area contributed by atoms with Gasteiger partial charge in [-0.3, -0.25) is 15.2 Å². The first-order valence-electron chi connectivity index (χ1n) is 15.7. The van der Waals surface area contributed by atoms with Gasteiger partial charge in [-0.2, -0.15) is 0 Å². The average molecular weight is 662 g/mol. The number of hydrazine groups is 1. The van der Waals surface area contributed by atoms with Crippen LogP contribution < -0.4 is 16.1 Å². The molecule has 2 heterocycles. The van der Waals surface area contributed by atoms with Crippen LogP contribution in [-0.2, 0) is 36.8 Å². The number of benzene rings is 2. The largest absolute Gasteiger partial charge is 0.463 e. The van der Waals surface area contributed by atoms with Crippen molar-refractivity contribution in [2.75, 3.05) is 20.3 Å². The van der Waals surface area contributed by atoms with E-state index in [1.165, 1.54) is 12.1 Å². The maximum absolute atomic E-state index is 13.7. The number of hydrogen-bond acceptors (Lipinski definition) is 10. The van der Waals surface area contributed by atoms with Crippen molar-refractivity contribution < 1.29 is 38.5 Å². The fraction of sp³-hybridized carbons (Fsp3) is 0.400. The maximum Gasteiger partial charge on any atom is 0.408 e. The zero-order valence-electron chi connectivity index (χ0n) is 27.5. The predicted octanol–water partition coefficient (Wildman–Crippen LogP) is 3.37. The van der Waals surface area contributed by atoms with Crippen LogP contribution in [0.15, 0.2) is 79.0 Å². The van der Waals surface area contributed by atoms with E-state index in [1.807, 2.05) is 72.8 Å². The number of amides is 3. The Kier molecular flexibility index (Phi) is 12.5. The van der Waals surface area contributed by atoms with Crippen LogP contribution in [0.5, 0.6) is 0 Å². The van der Waals surface area contributed by atoms with Gasteiger partial charge >= 0.3 is 18.2 Å². The zero-order valence-corrected chi connectivity index (χ0v) is 27.5. The third-order valence-corrected chi connectivity index (χ3v) is 7.74. The minimum atomic E-state index is -1.23. The van der Waals surface area contributed by atoms with Gasteiger partial charge in [-0.1, -0.05) is 81.4 Å². The van der Waals surface area contributed by atoms with Crippen molar-refractivity contribution >= 4 is 24.1 Å². The SMILES string of the molecule is COC(=O)NC(C(=O)NN(Cc1ccc(-c2ccccn2)cc1)C[C@H](O)[C@H](Cc1ccccc1)NC(=O)O[C@H]1CCOC1=O)C(C)(C)C. The molecule has 256 valence electrons. The Morgan fingerprint density at radius 1 is 0.979 bits per heavy atom. The number of carbonyl (C=O) groups excluding carboxylic acids is 4. The molecule has 1 saturated heterocycles. The zero-order chi connectivity index (χ0) is 34.7. The Morgan fingerprint density at radius 2 is 1.69 bits per heavy atom. The van der Waals surface area contributed by atoms with Gasteiger partial charge in [0.1, 0.15) is 6.04 Å². The Labute approximate surface area is 279 Å². The number of nitrogens with zero attached hydrogens (tertiary/aromatic N) is 2. The molecular weight excluding hydrogens is 618 g/mol. The quantitative estimate of drug-likeness (QED) is 0.121. The molecule has 2 aromatic carbocycles. The summed E-state index contributed by atoms with van der Waals surface area (Å²) in [5.41, 5.74) is 5.51. The van der Waals surface area contributed by atoms with Gasteiger partial charge in [0.15, 0.2) is 0 Å². The highest BCUT2D eigenvalue weighted by atomic mass is 16.6. The van der Waals surface area contributed by atoms with Gasteiger partial charge < -0.3 is 30.0 Å². The van der Waals surface area contributed by atoms with E-state index in [2.05, 4.69) is 21.0 Å². The summed E-state index contributed by atoms with van der Waals surface area (Å²) < 4.78 is 14.9. The molecule has 1 aromatic heterocycles. The van der Waals surface area contributed by atoms with Crippen LogP contribution in [0.2, 0.25) is 0 Å². The number of methoxy groups -OCH3 is 1. The van der Waals surface area contributed by atoms with Gasteiger partial charge in [-0.05, 0) is 35.1 Å². The van der Waals surface area contributed by atoms with E-state index in [0.717, 1.165) is 22.4 Å². The van der Waals surface area contributed by atoms with Crippen LogP contribution in [0, 0.1) is 5.41 Å². The number of esters is 1. The molecule has 48 heavy (non-hydrogen) atoms. The highest BCUT2D eigenvalue weighted by molar-refractivity contribution is 5.86. The van der Waals surface area contributed by atoms with Crippen molar-refractivity contribution in [3.63, 3.8) is 0 Å². The van der Waals surface area contributed by atoms with Crippen LogP contribution in [0.25, 0.3) is 11.3 Å². The second kappa shape index (κ2) is 16.7. The highest BCUT2D eigenvalue weighted by Gasteiger charge is 2.35. The first kappa shape index (κ1) is 35.8. The molecule has 0 bridgehead atoms. The van der Waals surface area contributed by atoms with E-state index in [1.54, 1.807) is 27.0 Å². The molecule has 0 spiro atoms. The van der Waals surface area contributed by atoms with Gasteiger partial charge in [0, 0.05) is 31.3 Å². The van der Waals surface area contributed by atoms with Crippen LogP contribution >= 0.6 is 0 Å². The van der Waals surface area contributed by atoms with E-state index in [-0.39, 0.29) is 32.5 Å². The maximum atomic E-state index is 13.7. The number of rotatable bonds is 13. The fourth-order valence-electron chi connectivity index (χ4n) is 5.16. The first-order valence-corrected chi connectivity index (χ1v) is 15.7. The summed E-state index contributed by atoms with van der Waals surface area (Å²) in [6.07, 6.45) is -1.73. The molecule has 0 aliphatic carbocycles. The summed E-state index contributed by atoms with van der Waals surface area (Å²) >= 11 is 0. The summed E-state index contributed by atoms with van der Waals surface area (Å²) in [5.74, 6) is -1.15. The van der Waals surface area contributed by atoms with Crippen LogP contribution in [0.1, 0.15) is 38.3 Å². The Morgan fingerprint density at radius 3 is 2.29 bits per heavy atom. The van der Waals surface area contributed by atoms with Crippen molar-refractivity contribution in [1.82, 2.24) is 26.1 Å². The number of hydrogen-bond donors (Lipinski definition) is 4. The molecule has 1 fully saturated rings. The number of pyridine rings is 1. The lowest BCUT2D eigenvalue weighted by atomic mass is 9.86. The standard InChI is InChI=1S/C35H43N5O8/c1-35(2,3)30(38-33(44)46-4)31(42)39-40(21-24-13-15-25(16-14-24)26-12-8-9-18-36-26)22-28(41)27(20-23-10-6-5-7-11-23)37-34(45)48-29-17-19-47-32(29)43/h5-16,18,27-30,41H,17,19-22H2,1-4H3,(H,37,45)(H,38,44)(H,39,42)/t27-,28-,29-,30?/m0/s1. The van der Waals surface area contributed by atoms with Gasteiger partial charge in [0.05, 0.1) is 31.6 Å². The third kappa shape index (κ3) is 10.5. The number of aliphatic hydroxyl groups is 1. The number of aromatic nitrogens is 1. The molecule has 3 amide bonds. The normalized spacial score (nSPS) is 16.3. The van der Waals surface area contributed by atoms with Crippen molar-refractivity contribution in [1.29, 1.82) is 0 Å². The van der Waals surface area contributed by atoms with E-state index >= 15 is 0 Å². The molecule has 13 nitrogen and oxygen atoms in total. The van der Waals surface area contributed by atoms with E-state index in [0.29, 0.717) is 0 Å². The number of cyclic esters (lactones) is 1. The summed E-state index contributed by atoms with van der Waals surface area (Å²) in [6.45, 7) is 5.59. The van der Waals surface area contributed by atoms with Crippen molar-refractivity contribution in [3.8, 4) is 11.3 Å². The smallest absolute Gasteiger partial charge is 0.408 e. The van der Waals surface area contributed by atoms with Gasteiger partial charge in [-0.15, -0.1) is 0 Å². The Bertz CT molecular complexity index is 1520. The minimum absolute atomic E-state index is 0.133. The number of alkyl carbamates (subject to hydrolysis) is 2. The molecule has 0 radical (unpaired) electrons. The lowest BCUT2D eigenvalue weighted by molar-refractivity contribution is -0.144. The first-order chi connectivity index (χ1) is 22.9. The molecule has 3 aromatic rings. The molecule has 4 N–H and O–H groups in total. The molecule has 1 unspecified atom stereocenters. The summed E-state index contributed by atoms with van der Waals surface area (Å²) in [6, 6.07) is 20.6. The Hall–Kier alpha value is -5.01. The molecule has 0 saturated carbocycles. The minimum Gasteiger partial charge on any atom is -0.463 e. The van der Waals surface area contributed by atoms with Crippen molar-refractivity contribution in [3.05, 3.63) is 90.1 Å². The van der Waals surface area contributed by atoms with Crippen LogP contribution in [0.3, 0.4) is 0 Å². The number of carbonyl (C=O) groups is 4. The summed E-state index contributed by atoms with van der Waals surface area (Å²) in [5, 5.41) is 18.4. The molecule has 4 atom stereocenters. The summed E-state index contributed by atoms with van der Waals surface area (Å²) in [7, 11) is 1.21. The predicted molar refractivity (Wildman–Crippen MR) is 176 cm³/mol. The van der Waals surface area contributed by atoms with Gasteiger partial charge in [-0.25, -0.2) is 19.4 Å². The van der Waals surface area contributed by atoms with E-state index in [4.69, 9.17) is 14.2 Å². The van der Waals surface area contributed by atoms with Gasteiger partial charge in [0.25, 0.3) is 5.91 Å². The fourth-order valence-corrected chi connectivity index (χ4v) is 5.16.